The van der Waals surface area contributed by atoms with Gasteiger partial charge in [-0.05, 0) is 61.9 Å². The fourth-order valence-corrected chi connectivity index (χ4v) is 4.14. The zero-order valence-corrected chi connectivity index (χ0v) is 16.4. The van der Waals surface area contributed by atoms with Gasteiger partial charge in [-0.3, -0.25) is 4.79 Å². The van der Waals surface area contributed by atoms with Crippen LogP contribution < -0.4 is 4.90 Å². The predicted molar refractivity (Wildman–Crippen MR) is 107 cm³/mol. The minimum atomic E-state index is -0.274. The maximum Gasteiger partial charge on any atom is 0.227 e. The van der Waals surface area contributed by atoms with Crippen LogP contribution in [0.5, 0.6) is 0 Å². The number of halogens is 1. The maximum atomic E-state index is 13.2. The zero-order chi connectivity index (χ0) is 19.5. The van der Waals surface area contributed by atoms with E-state index in [4.69, 9.17) is 0 Å². The highest BCUT2D eigenvalue weighted by Crippen LogP contribution is 2.26. The van der Waals surface area contributed by atoms with Crippen molar-refractivity contribution in [3.05, 3.63) is 42.3 Å². The van der Waals surface area contributed by atoms with E-state index < -0.39 is 0 Å². The van der Waals surface area contributed by atoms with Gasteiger partial charge in [0.2, 0.25) is 5.91 Å². The summed E-state index contributed by atoms with van der Waals surface area (Å²) in [6.07, 6.45) is 5.87. The monoisotopic (exact) mass is 382 g/mol. The lowest BCUT2D eigenvalue weighted by Crippen LogP contribution is -2.47. The number of nitrogens with zero attached hydrogens (tertiary/aromatic N) is 4. The van der Waals surface area contributed by atoms with Gasteiger partial charge in [0, 0.05) is 37.9 Å². The van der Waals surface area contributed by atoms with Crippen molar-refractivity contribution < 1.29 is 9.18 Å². The van der Waals surface area contributed by atoms with Gasteiger partial charge in [-0.15, -0.1) is 0 Å². The Morgan fingerprint density at radius 3 is 2.57 bits per heavy atom. The van der Waals surface area contributed by atoms with Gasteiger partial charge in [0.1, 0.15) is 11.6 Å². The molecule has 1 aromatic heterocycles. The highest BCUT2D eigenvalue weighted by Gasteiger charge is 2.31. The van der Waals surface area contributed by atoms with Crippen molar-refractivity contribution in [3.8, 4) is 11.4 Å². The number of anilines is 1. The number of likely N-dealkylation sites (tertiary alicyclic amines) is 1. The lowest BCUT2D eigenvalue weighted by molar-refractivity contribution is -0.137. The summed E-state index contributed by atoms with van der Waals surface area (Å²) in [7, 11) is 0. The first-order chi connectivity index (χ1) is 13.6. The lowest BCUT2D eigenvalue weighted by Gasteiger charge is -2.37. The molecule has 0 saturated carbocycles. The molecule has 1 aromatic carbocycles. The van der Waals surface area contributed by atoms with Gasteiger partial charge in [0.05, 0.1) is 5.92 Å². The van der Waals surface area contributed by atoms with Crippen LogP contribution >= 0.6 is 0 Å². The Hall–Kier alpha value is -2.50. The number of carbonyl (C=O) groups is 1. The first-order valence-electron chi connectivity index (χ1n) is 10.2. The molecular weight excluding hydrogens is 355 g/mol. The van der Waals surface area contributed by atoms with Gasteiger partial charge in [-0.25, -0.2) is 14.4 Å². The predicted octanol–water partition coefficient (Wildman–Crippen LogP) is 3.76. The molecule has 3 heterocycles. The molecule has 0 radical (unpaired) electrons. The Kier molecular flexibility index (Phi) is 5.55. The third-order valence-corrected chi connectivity index (χ3v) is 5.93. The third-order valence-electron chi connectivity index (χ3n) is 5.93. The van der Waals surface area contributed by atoms with E-state index in [0.717, 1.165) is 62.6 Å². The minimum absolute atomic E-state index is 0.0337. The highest BCUT2D eigenvalue weighted by atomic mass is 19.1. The summed E-state index contributed by atoms with van der Waals surface area (Å²) in [6.45, 7) is 5.63. The molecule has 148 valence electrons. The van der Waals surface area contributed by atoms with Gasteiger partial charge < -0.3 is 9.80 Å². The molecule has 5 nitrogen and oxygen atoms in total. The van der Waals surface area contributed by atoms with E-state index in [0.29, 0.717) is 18.3 Å². The lowest BCUT2D eigenvalue weighted by atomic mass is 9.93. The third kappa shape index (κ3) is 4.16. The zero-order valence-electron chi connectivity index (χ0n) is 16.4. The number of amides is 1. The molecule has 1 atom stereocenters. The molecule has 2 aromatic rings. The average Bonchev–Trinajstić information content (AvgIpc) is 2.74. The van der Waals surface area contributed by atoms with Crippen LogP contribution in [0.4, 0.5) is 10.2 Å². The van der Waals surface area contributed by atoms with Crippen LogP contribution in [0, 0.1) is 17.7 Å². The molecule has 6 heteroatoms. The van der Waals surface area contributed by atoms with Gasteiger partial charge in [-0.1, -0.05) is 6.92 Å². The summed E-state index contributed by atoms with van der Waals surface area (Å²) in [6, 6.07) is 8.10. The van der Waals surface area contributed by atoms with Crippen LogP contribution in [0.2, 0.25) is 0 Å². The fourth-order valence-electron chi connectivity index (χ4n) is 4.14. The van der Waals surface area contributed by atoms with Crippen LogP contribution in [0.1, 0.15) is 32.6 Å². The first-order valence-corrected chi connectivity index (χ1v) is 10.2. The Labute approximate surface area is 165 Å². The second kappa shape index (κ2) is 8.25. The number of carbonyl (C=O) groups excluding carboxylic acids is 1. The topological polar surface area (TPSA) is 49.3 Å². The molecule has 0 unspecified atom stereocenters. The summed E-state index contributed by atoms with van der Waals surface area (Å²) in [5, 5.41) is 0. The molecule has 4 rings (SSSR count). The van der Waals surface area contributed by atoms with Crippen molar-refractivity contribution >= 4 is 11.7 Å². The number of piperidine rings is 2. The summed E-state index contributed by atoms with van der Waals surface area (Å²) in [5.74, 6) is 2.19. The average molecular weight is 382 g/mol. The van der Waals surface area contributed by atoms with Gasteiger partial charge in [0.15, 0.2) is 5.82 Å². The number of hydrogen-bond donors (Lipinski definition) is 0. The molecule has 0 bridgehead atoms. The van der Waals surface area contributed by atoms with Crippen LogP contribution in [0.3, 0.4) is 0 Å². The number of hydrogen-bond acceptors (Lipinski definition) is 4. The fraction of sp³-hybridized carbons (Fsp3) is 0.500. The minimum Gasteiger partial charge on any atom is -0.356 e. The number of rotatable bonds is 3. The molecule has 2 saturated heterocycles. The van der Waals surface area contributed by atoms with E-state index in [2.05, 4.69) is 26.7 Å². The van der Waals surface area contributed by atoms with Gasteiger partial charge in [-0.2, -0.15) is 0 Å². The van der Waals surface area contributed by atoms with E-state index in [1.54, 1.807) is 18.3 Å². The Morgan fingerprint density at radius 2 is 1.82 bits per heavy atom. The normalized spacial score (nSPS) is 21.0. The van der Waals surface area contributed by atoms with E-state index in [1.807, 2.05) is 6.07 Å². The number of benzene rings is 1. The van der Waals surface area contributed by atoms with Gasteiger partial charge in [0.25, 0.3) is 0 Å². The maximum absolute atomic E-state index is 13.2. The van der Waals surface area contributed by atoms with Crippen molar-refractivity contribution in [2.24, 2.45) is 11.8 Å². The van der Waals surface area contributed by atoms with Crippen LogP contribution in [0.25, 0.3) is 11.4 Å². The summed E-state index contributed by atoms with van der Waals surface area (Å²) < 4.78 is 13.2. The summed E-state index contributed by atoms with van der Waals surface area (Å²) >= 11 is 0. The Morgan fingerprint density at radius 1 is 1.07 bits per heavy atom. The molecule has 2 aliphatic heterocycles. The number of aromatic nitrogens is 2. The summed E-state index contributed by atoms with van der Waals surface area (Å²) in [4.78, 5) is 26.2. The highest BCUT2D eigenvalue weighted by molar-refractivity contribution is 5.80. The Bertz CT molecular complexity index is 818. The second-order valence-electron chi connectivity index (χ2n) is 8.04. The van der Waals surface area contributed by atoms with Crippen molar-refractivity contribution in [2.75, 3.05) is 31.1 Å². The van der Waals surface area contributed by atoms with E-state index in [-0.39, 0.29) is 11.7 Å². The standard InChI is InChI=1S/C22H27FN4O/c1-16-9-13-26(14-10-16)22(28)18-3-2-12-27(15-18)20-8-11-24-21(25-20)17-4-6-19(23)7-5-17/h4-8,11,16,18H,2-3,9-10,12-15H2,1H3/t18-/m1/s1. The second-order valence-corrected chi connectivity index (χ2v) is 8.04. The van der Waals surface area contributed by atoms with Crippen molar-refractivity contribution in [2.45, 2.75) is 32.6 Å². The largest absolute Gasteiger partial charge is 0.356 e. The molecule has 2 aliphatic rings. The SMILES string of the molecule is CC1CCN(C(=O)[C@@H]2CCCN(c3ccnc(-c4ccc(F)cc4)n3)C2)CC1. The van der Waals surface area contributed by atoms with Crippen molar-refractivity contribution in [3.63, 3.8) is 0 Å². The molecule has 0 aliphatic carbocycles. The van der Waals surface area contributed by atoms with E-state index in [1.165, 1.54) is 12.1 Å². The van der Waals surface area contributed by atoms with E-state index >= 15 is 0 Å². The summed E-state index contributed by atoms with van der Waals surface area (Å²) in [5.41, 5.74) is 0.787. The van der Waals surface area contributed by atoms with Crippen LogP contribution in [-0.2, 0) is 4.79 Å². The molecule has 28 heavy (non-hydrogen) atoms. The molecular formula is C22H27FN4O. The van der Waals surface area contributed by atoms with Crippen LogP contribution in [0.15, 0.2) is 36.5 Å². The quantitative estimate of drug-likeness (QED) is 0.811. The Balaban J connectivity index is 1.46. The van der Waals surface area contributed by atoms with E-state index in [9.17, 15) is 9.18 Å². The van der Waals surface area contributed by atoms with Gasteiger partial charge >= 0.3 is 0 Å². The molecule has 0 spiro atoms. The molecule has 1 amide bonds. The van der Waals surface area contributed by atoms with Crippen molar-refractivity contribution in [1.82, 2.24) is 14.9 Å². The molecule has 2 fully saturated rings. The first kappa shape index (κ1) is 18.8. The van der Waals surface area contributed by atoms with Crippen molar-refractivity contribution in [1.29, 1.82) is 0 Å². The smallest absolute Gasteiger partial charge is 0.227 e. The van der Waals surface area contributed by atoms with Crippen LogP contribution in [-0.4, -0.2) is 47.0 Å². The molecule has 0 N–H and O–H groups in total.